The van der Waals surface area contributed by atoms with E-state index in [-0.39, 0.29) is 52.9 Å². The summed E-state index contributed by atoms with van der Waals surface area (Å²) in [7, 11) is 0. The highest BCUT2D eigenvalue weighted by Crippen LogP contribution is 2.41. The normalized spacial score (nSPS) is 14.8. The van der Waals surface area contributed by atoms with Gasteiger partial charge in [-0.2, -0.15) is 0 Å². The van der Waals surface area contributed by atoms with Crippen molar-refractivity contribution < 1.29 is 38.9 Å². The van der Waals surface area contributed by atoms with Gasteiger partial charge >= 0.3 is 18.0 Å². The number of aromatic nitrogens is 3. The van der Waals surface area contributed by atoms with E-state index < -0.39 is 23.9 Å². The number of hydrogen-bond acceptors (Lipinski definition) is 16. The van der Waals surface area contributed by atoms with Gasteiger partial charge in [0, 0.05) is 78.2 Å². The van der Waals surface area contributed by atoms with E-state index in [4.69, 9.17) is 9.47 Å². The van der Waals surface area contributed by atoms with E-state index >= 15 is 0 Å². The third kappa shape index (κ3) is 14.2. The Labute approximate surface area is 447 Å². The zero-order valence-electron chi connectivity index (χ0n) is 41.8. The van der Waals surface area contributed by atoms with Crippen LogP contribution in [0, 0.1) is 0 Å². The fraction of sp³-hybridized carbons (Fsp3) is 0.218. The number of aliphatic imine (C=N–C) groups is 3. The van der Waals surface area contributed by atoms with Gasteiger partial charge in [0.1, 0.15) is 28.0 Å². The molecule has 6 aromatic rings. The van der Waals surface area contributed by atoms with Crippen LogP contribution in [0.15, 0.2) is 153 Å². The summed E-state index contributed by atoms with van der Waals surface area (Å²) >= 11 is 1.13. The van der Waals surface area contributed by atoms with Crippen LogP contribution in [0.4, 0.5) is 38.0 Å². The number of carbonyl (C=O) groups is 4. The molecule has 0 bridgehead atoms. The Morgan fingerprint density at radius 1 is 0.766 bits per heavy atom. The number of amidine groups is 2. The molecule has 0 aliphatic carbocycles. The van der Waals surface area contributed by atoms with E-state index in [1.807, 2.05) is 42.5 Å². The monoisotopic (exact) mass is 1060 g/mol. The number of phenolic OH excluding ortho intramolecular Hbond substituents is 1. The van der Waals surface area contributed by atoms with E-state index in [1.165, 1.54) is 18.2 Å². The van der Waals surface area contributed by atoms with Crippen LogP contribution in [0.25, 0.3) is 6.08 Å². The summed E-state index contributed by atoms with van der Waals surface area (Å²) < 4.78 is 12.8. The fourth-order valence-corrected chi connectivity index (χ4v) is 9.17. The molecule has 0 radical (unpaired) electrons. The quantitative estimate of drug-likeness (QED) is 0.0259. The fourth-order valence-electron chi connectivity index (χ4n) is 8.13. The van der Waals surface area contributed by atoms with E-state index in [0.29, 0.717) is 83.8 Å². The third-order valence-corrected chi connectivity index (χ3v) is 12.8. The average Bonchev–Trinajstić information content (AvgIpc) is 4.29. The molecule has 3 aliphatic heterocycles. The van der Waals surface area contributed by atoms with Gasteiger partial charge in [-0.25, -0.2) is 19.4 Å². The lowest BCUT2D eigenvalue weighted by molar-refractivity contribution is -0.138. The van der Waals surface area contributed by atoms with Gasteiger partial charge in [-0.3, -0.25) is 19.5 Å². The van der Waals surface area contributed by atoms with E-state index in [2.05, 4.69) is 62.5 Å². The molecule has 4 heterocycles. The van der Waals surface area contributed by atoms with Crippen molar-refractivity contribution in [1.82, 2.24) is 30.9 Å². The molecular weight excluding hydrogens is 1000 g/mol. The Bertz CT molecular complexity index is 3200. The lowest BCUT2D eigenvalue weighted by Crippen LogP contribution is -2.27. The van der Waals surface area contributed by atoms with E-state index in [1.54, 1.807) is 78.5 Å². The first-order valence-corrected chi connectivity index (χ1v) is 25.7. The highest BCUT2D eigenvalue weighted by Gasteiger charge is 2.33. The molecular formula is C55H55N13O8S. The molecule has 5 aromatic carbocycles. The van der Waals surface area contributed by atoms with Crippen molar-refractivity contribution in [1.29, 1.82) is 0 Å². The molecule has 1 aromatic heterocycles. The summed E-state index contributed by atoms with van der Waals surface area (Å²) in [5.41, 5.74) is 5.40. The van der Waals surface area contributed by atoms with Crippen LogP contribution in [-0.4, -0.2) is 112 Å². The predicted octanol–water partition coefficient (Wildman–Crippen LogP) is 8.00. The van der Waals surface area contributed by atoms with Crippen molar-refractivity contribution in [3.05, 3.63) is 166 Å². The van der Waals surface area contributed by atoms with Crippen LogP contribution in [-0.2, 0) is 22.5 Å². The largest absolute Gasteiger partial charge is 0.506 e. The molecule has 21 nitrogen and oxygen atoms in total. The molecule has 0 spiro atoms. The number of carbonyl (C=O) groups excluding carboxylic acids is 4. The molecule has 77 heavy (non-hydrogen) atoms. The number of phenols is 1. The van der Waals surface area contributed by atoms with Crippen molar-refractivity contribution in [2.24, 2.45) is 15.0 Å². The molecule has 0 saturated heterocycles. The number of aliphatic hydroxyl groups is 1. The maximum absolute atomic E-state index is 13.6. The first-order chi connectivity index (χ1) is 37.5. The van der Waals surface area contributed by atoms with Crippen molar-refractivity contribution in [3.63, 3.8) is 0 Å². The third-order valence-electron chi connectivity index (χ3n) is 11.8. The topological polar surface area (TPSA) is 279 Å². The summed E-state index contributed by atoms with van der Waals surface area (Å²) in [5, 5.41) is 51.2. The number of esters is 1. The van der Waals surface area contributed by atoms with Crippen LogP contribution in [0.5, 0.6) is 11.5 Å². The molecule has 5 amide bonds. The number of unbranched alkanes of at least 4 members (excludes halogenated alkanes) is 1. The standard InChI is InChI=1S/C55H55N13O8S/c1-2-75-53(72)47-48(70)46(77-52(47)61-38-8-4-3-5-9-38)29-34-10-19-45(44(69)28-34)76-27-7-6-26-68-33-41(66-67-68)20-21-60-51(71)37-30-42(64-54(73)62-39-15-11-35(12-16-39)49-56-22-23-57-49)32-43(31-37)65-55(74)63-40-17-13-36(14-18-40)50-58-24-25-59-50/h3-5,8-19,28-33,69-70H,2,6-7,20-27H2,1H3,(H,56,57)(H,58,59)(H,60,71)(H2,62,64,73)(H2,63,65,74)/b46-29-,61-52?. The Morgan fingerprint density at radius 3 is 2.00 bits per heavy atom. The molecule has 0 atom stereocenters. The number of hydrogen-bond donors (Lipinski definition) is 9. The van der Waals surface area contributed by atoms with Crippen molar-refractivity contribution in [2.45, 2.75) is 32.7 Å². The number of ether oxygens (including phenoxy) is 2. The van der Waals surface area contributed by atoms with Crippen molar-refractivity contribution in [3.8, 4) is 11.5 Å². The summed E-state index contributed by atoms with van der Waals surface area (Å²) in [6.07, 6.45) is 5.17. The molecule has 0 saturated carbocycles. The minimum Gasteiger partial charge on any atom is -0.506 e. The average molecular weight is 1060 g/mol. The number of aryl methyl sites for hydroxylation is 1. The Balaban J connectivity index is 0.754. The maximum Gasteiger partial charge on any atom is 0.344 e. The van der Waals surface area contributed by atoms with Gasteiger partial charge in [0.2, 0.25) is 0 Å². The second-order valence-electron chi connectivity index (χ2n) is 17.5. The summed E-state index contributed by atoms with van der Waals surface area (Å²) in [4.78, 5) is 66.6. The smallest absolute Gasteiger partial charge is 0.344 e. The van der Waals surface area contributed by atoms with Crippen molar-refractivity contribution >= 4 is 86.9 Å². The second kappa shape index (κ2) is 25.2. The number of amides is 5. The number of urea groups is 2. The van der Waals surface area contributed by atoms with Crippen LogP contribution < -0.4 is 42.0 Å². The number of nitrogens with one attached hydrogen (secondary N) is 7. The highest BCUT2D eigenvalue weighted by atomic mass is 32.2. The van der Waals surface area contributed by atoms with Gasteiger partial charge in [-0.05, 0) is 122 Å². The maximum atomic E-state index is 13.6. The van der Waals surface area contributed by atoms with E-state index in [0.717, 1.165) is 47.6 Å². The van der Waals surface area contributed by atoms with Crippen LogP contribution >= 0.6 is 11.8 Å². The number of thioether (sulfide) groups is 1. The Hall–Kier alpha value is -9.44. The second-order valence-corrected chi connectivity index (χ2v) is 18.5. The molecule has 394 valence electrons. The van der Waals surface area contributed by atoms with Gasteiger partial charge in [0.15, 0.2) is 11.5 Å². The number of aromatic hydroxyl groups is 1. The summed E-state index contributed by atoms with van der Waals surface area (Å²) in [5.74, 6) is 0.418. The lowest BCUT2D eigenvalue weighted by Gasteiger charge is -2.14. The number of anilines is 4. The summed E-state index contributed by atoms with van der Waals surface area (Å²) in [6, 6.07) is 31.9. The molecule has 9 rings (SSSR count). The SMILES string of the molecule is CCOC(=O)C1=C(O)/C(=C/c2ccc(OCCCCn3cc(CCNC(=O)c4cc(NC(=O)Nc5ccc(C6=NCCN6)cc5)cc(NC(=O)Nc5ccc(C6=NCCN6)cc5)c4)nn3)c(O)c2)SC1=Nc1ccccc1. The number of para-hydroxylation sites is 1. The van der Waals surface area contributed by atoms with Gasteiger partial charge in [0.25, 0.3) is 5.91 Å². The van der Waals surface area contributed by atoms with E-state index in [9.17, 15) is 29.4 Å². The van der Waals surface area contributed by atoms with Crippen LogP contribution in [0.2, 0.25) is 0 Å². The Morgan fingerprint density at radius 2 is 1.40 bits per heavy atom. The molecule has 3 aliphatic rings. The first kappa shape index (κ1) is 52.4. The number of nitrogens with zero attached hydrogens (tertiary/aromatic N) is 6. The Kier molecular flexibility index (Phi) is 17.2. The minimum atomic E-state index is -0.681. The van der Waals surface area contributed by atoms with Crippen LogP contribution in [0.3, 0.4) is 0 Å². The number of aliphatic hydroxyl groups excluding tert-OH is 1. The lowest BCUT2D eigenvalue weighted by atomic mass is 10.1. The van der Waals surface area contributed by atoms with Gasteiger partial charge in [0.05, 0.1) is 42.6 Å². The molecule has 0 fully saturated rings. The molecule has 0 unspecified atom stereocenters. The number of benzene rings is 5. The highest BCUT2D eigenvalue weighted by molar-refractivity contribution is 8.18. The van der Waals surface area contributed by atoms with Gasteiger partial charge in [-0.15, -0.1) is 5.10 Å². The molecule has 9 N–H and O–H groups in total. The zero-order valence-corrected chi connectivity index (χ0v) is 42.7. The summed E-state index contributed by atoms with van der Waals surface area (Å²) in [6.45, 7) is 5.87. The first-order valence-electron chi connectivity index (χ1n) is 24.9. The van der Waals surface area contributed by atoms with Crippen molar-refractivity contribution in [2.75, 3.05) is 67.2 Å². The van der Waals surface area contributed by atoms with Gasteiger partial charge < -0.3 is 56.9 Å². The van der Waals surface area contributed by atoms with Gasteiger partial charge in [-0.1, -0.05) is 41.2 Å². The zero-order chi connectivity index (χ0) is 53.5. The number of rotatable bonds is 20. The predicted molar refractivity (Wildman–Crippen MR) is 298 cm³/mol. The molecule has 22 heteroatoms. The minimum absolute atomic E-state index is 0.0216. The van der Waals surface area contributed by atoms with Crippen LogP contribution in [0.1, 0.15) is 52.5 Å².